The van der Waals surface area contributed by atoms with Gasteiger partial charge in [-0.3, -0.25) is 4.90 Å². The predicted molar refractivity (Wildman–Crippen MR) is 95.1 cm³/mol. The lowest BCUT2D eigenvalue weighted by Crippen LogP contribution is -2.51. The van der Waals surface area contributed by atoms with Crippen LogP contribution in [0.2, 0.25) is 0 Å². The molecular weight excluding hydrogens is 329 g/mol. The summed E-state index contributed by atoms with van der Waals surface area (Å²) in [5.41, 5.74) is 0.240. The molecule has 0 aliphatic carbocycles. The molecule has 2 aliphatic heterocycles. The third kappa shape index (κ3) is 4.62. The fourth-order valence-corrected chi connectivity index (χ4v) is 4.14. The zero-order chi connectivity index (χ0) is 16.8. The SMILES string of the molecule is O=C(Nc1ccccc1F)N1CCCSC[C@@H]1CN1CCOCC1. The summed E-state index contributed by atoms with van der Waals surface area (Å²) >= 11 is 1.89. The number of nitrogens with zero attached hydrogens (tertiary/aromatic N) is 2. The first-order valence-electron chi connectivity index (χ1n) is 8.44. The van der Waals surface area contributed by atoms with Crippen LogP contribution in [0.15, 0.2) is 24.3 Å². The maximum atomic E-state index is 13.8. The molecule has 5 nitrogen and oxygen atoms in total. The number of carbonyl (C=O) groups excluding carboxylic acids is 1. The molecular formula is C17H24FN3O2S. The van der Waals surface area contributed by atoms with Crippen LogP contribution in [0.1, 0.15) is 6.42 Å². The number of thioether (sulfide) groups is 1. The van der Waals surface area contributed by atoms with Crippen LogP contribution in [0.4, 0.5) is 14.9 Å². The zero-order valence-corrected chi connectivity index (χ0v) is 14.6. The highest BCUT2D eigenvalue weighted by atomic mass is 32.2. The number of anilines is 1. The number of ether oxygens (including phenoxy) is 1. The monoisotopic (exact) mass is 353 g/mol. The van der Waals surface area contributed by atoms with Crippen LogP contribution in [-0.4, -0.2) is 72.8 Å². The van der Waals surface area contributed by atoms with Crippen LogP contribution >= 0.6 is 11.8 Å². The molecule has 2 amide bonds. The normalized spacial score (nSPS) is 22.9. The Bertz CT molecular complexity index is 554. The van der Waals surface area contributed by atoms with Crippen molar-refractivity contribution in [2.45, 2.75) is 12.5 Å². The second-order valence-electron chi connectivity index (χ2n) is 6.10. The van der Waals surface area contributed by atoms with Crippen LogP contribution in [0.25, 0.3) is 0 Å². The molecule has 0 bridgehead atoms. The Morgan fingerprint density at radius 3 is 2.88 bits per heavy atom. The number of benzene rings is 1. The summed E-state index contributed by atoms with van der Waals surface area (Å²) in [7, 11) is 0. The minimum Gasteiger partial charge on any atom is -0.379 e. The Morgan fingerprint density at radius 2 is 2.08 bits per heavy atom. The average molecular weight is 353 g/mol. The third-order valence-electron chi connectivity index (χ3n) is 4.39. The molecule has 0 aromatic heterocycles. The predicted octanol–water partition coefficient (Wildman–Crippen LogP) is 2.50. The molecule has 0 saturated carbocycles. The Morgan fingerprint density at radius 1 is 1.29 bits per heavy atom. The summed E-state index contributed by atoms with van der Waals surface area (Å²) < 4.78 is 19.2. The van der Waals surface area contributed by atoms with E-state index in [9.17, 15) is 9.18 Å². The maximum absolute atomic E-state index is 13.8. The van der Waals surface area contributed by atoms with Crippen LogP contribution in [0, 0.1) is 5.82 Å². The Labute approximate surface area is 146 Å². The number of carbonyl (C=O) groups is 1. The molecule has 2 saturated heterocycles. The zero-order valence-electron chi connectivity index (χ0n) is 13.7. The maximum Gasteiger partial charge on any atom is 0.322 e. The van der Waals surface area contributed by atoms with Gasteiger partial charge < -0.3 is 15.0 Å². The minimum atomic E-state index is -0.403. The molecule has 1 aromatic rings. The third-order valence-corrected chi connectivity index (χ3v) is 5.59. The highest BCUT2D eigenvalue weighted by Crippen LogP contribution is 2.20. The number of halogens is 1. The lowest BCUT2D eigenvalue weighted by Gasteiger charge is -2.35. The van der Waals surface area contributed by atoms with Crippen LogP contribution in [0.3, 0.4) is 0 Å². The number of amides is 2. The van der Waals surface area contributed by atoms with E-state index in [1.165, 1.54) is 6.07 Å². The summed E-state index contributed by atoms with van der Waals surface area (Å²) in [5, 5.41) is 2.73. The first-order chi connectivity index (χ1) is 11.7. The van der Waals surface area contributed by atoms with Gasteiger partial charge in [-0.1, -0.05) is 12.1 Å². The first-order valence-corrected chi connectivity index (χ1v) is 9.59. The van der Waals surface area contributed by atoms with Crippen molar-refractivity contribution in [2.75, 3.05) is 56.2 Å². The van der Waals surface area contributed by atoms with E-state index in [2.05, 4.69) is 10.2 Å². The van der Waals surface area contributed by atoms with Gasteiger partial charge in [0.2, 0.25) is 0 Å². The Balaban J connectivity index is 1.66. The molecule has 2 fully saturated rings. The van der Waals surface area contributed by atoms with Gasteiger partial charge in [0, 0.05) is 31.9 Å². The fraction of sp³-hybridized carbons (Fsp3) is 0.588. The standard InChI is InChI=1S/C17H24FN3O2S/c18-15-4-1-2-5-16(15)19-17(22)21-6-3-11-24-13-14(21)12-20-7-9-23-10-8-20/h1-2,4-5,14H,3,6-13H2,(H,19,22)/t14-/m0/s1. The van der Waals surface area contributed by atoms with Gasteiger partial charge in [-0.2, -0.15) is 11.8 Å². The van der Waals surface area contributed by atoms with E-state index in [0.717, 1.165) is 50.8 Å². The number of hydrogen-bond donors (Lipinski definition) is 1. The first kappa shape index (κ1) is 17.5. The van der Waals surface area contributed by atoms with Crippen LogP contribution < -0.4 is 5.32 Å². The fourth-order valence-electron chi connectivity index (χ4n) is 3.08. The van der Waals surface area contributed by atoms with Gasteiger partial charge in [0.15, 0.2) is 0 Å². The van der Waals surface area contributed by atoms with E-state index >= 15 is 0 Å². The van der Waals surface area contributed by atoms with Gasteiger partial charge in [0.25, 0.3) is 0 Å². The summed E-state index contributed by atoms with van der Waals surface area (Å²) in [4.78, 5) is 16.9. The highest BCUT2D eigenvalue weighted by Gasteiger charge is 2.28. The van der Waals surface area contributed by atoms with E-state index in [0.29, 0.717) is 6.54 Å². The Hall–Kier alpha value is -1.31. The molecule has 0 radical (unpaired) electrons. The van der Waals surface area contributed by atoms with Gasteiger partial charge in [-0.15, -0.1) is 0 Å². The van der Waals surface area contributed by atoms with Crippen molar-refractivity contribution in [1.82, 2.24) is 9.80 Å². The van der Waals surface area contributed by atoms with E-state index < -0.39 is 5.82 Å². The highest BCUT2D eigenvalue weighted by molar-refractivity contribution is 7.99. The lowest BCUT2D eigenvalue weighted by atomic mass is 10.2. The van der Waals surface area contributed by atoms with Crippen molar-refractivity contribution in [3.05, 3.63) is 30.1 Å². The van der Waals surface area contributed by atoms with Crippen molar-refractivity contribution >= 4 is 23.5 Å². The topological polar surface area (TPSA) is 44.8 Å². The number of hydrogen-bond acceptors (Lipinski definition) is 4. The number of nitrogens with one attached hydrogen (secondary N) is 1. The summed E-state index contributed by atoms with van der Waals surface area (Å²) in [5.74, 6) is 1.57. The van der Waals surface area contributed by atoms with Gasteiger partial charge in [-0.05, 0) is 24.3 Å². The Kier molecular flexibility index (Phi) is 6.34. The second-order valence-corrected chi connectivity index (χ2v) is 7.25. The minimum absolute atomic E-state index is 0.141. The molecule has 3 rings (SSSR count). The van der Waals surface area contributed by atoms with Gasteiger partial charge in [0.1, 0.15) is 5.82 Å². The van der Waals surface area contributed by atoms with E-state index in [1.54, 1.807) is 18.2 Å². The van der Waals surface area contributed by atoms with Crippen molar-refractivity contribution in [2.24, 2.45) is 0 Å². The van der Waals surface area contributed by atoms with Gasteiger partial charge in [-0.25, -0.2) is 9.18 Å². The van der Waals surface area contributed by atoms with Crippen molar-refractivity contribution in [3.63, 3.8) is 0 Å². The van der Waals surface area contributed by atoms with Crippen LogP contribution in [-0.2, 0) is 4.74 Å². The molecule has 132 valence electrons. The molecule has 0 spiro atoms. The van der Waals surface area contributed by atoms with E-state index in [-0.39, 0.29) is 17.8 Å². The van der Waals surface area contributed by atoms with Crippen LogP contribution in [0.5, 0.6) is 0 Å². The largest absolute Gasteiger partial charge is 0.379 e. The van der Waals surface area contributed by atoms with Crippen molar-refractivity contribution in [3.8, 4) is 0 Å². The summed E-state index contributed by atoms with van der Waals surface area (Å²) in [6.07, 6.45) is 0.967. The summed E-state index contributed by atoms with van der Waals surface area (Å²) in [6, 6.07) is 6.23. The molecule has 0 unspecified atom stereocenters. The molecule has 1 aromatic carbocycles. The van der Waals surface area contributed by atoms with Crippen molar-refractivity contribution < 1.29 is 13.9 Å². The molecule has 1 N–H and O–H groups in total. The number of morpholine rings is 1. The average Bonchev–Trinajstić information content (AvgIpc) is 2.83. The van der Waals surface area contributed by atoms with Crippen molar-refractivity contribution in [1.29, 1.82) is 0 Å². The second kappa shape index (κ2) is 8.69. The molecule has 24 heavy (non-hydrogen) atoms. The number of urea groups is 1. The van der Waals surface area contributed by atoms with Gasteiger partial charge >= 0.3 is 6.03 Å². The smallest absolute Gasteiger partial charge is 0.322 e. The quantitative estimate of drug-likeness (QED) is 0.907. The lowest BCUT2D eigenvalue weighted by molar-refractivity contribution is 0.0288. The molecule has 2 aliphatic rings. The van der Waals surface area contributed by atoms with E-state index in [1.807, 2.05) is 16.7 Å². The molecule has 7 heteroatoms. The number of para-hydroxylation sites is 1. The van der Waals surface area contributed by atoms with E-state index in [4.69, 9.17) is 4.74 Å². The summed E-state index contributed by atoms with van der Waals surface area (Å²) in [6.45, 7) is 4.87. The molecule has 1 atom stereocenters. The number of rotatable bonds is 3. The molecule has 2 heterocycles. The van der Waals surface area contributed by atoms with Gasteiger partial charge in [0.05, 0.1) is 24.9 Å².